The minimum Gasteiger partial charge on any atom is -0.490 e. The Kier molecular flexibility index (Phi) is 3.55. The molecule has 2 heterocycles. The fraction of sp³-hybridized carbons (Fsp3) is 0.571. The average Bonchev–Trinajstić information content (AvgIpc) is 2.64. The molecule has 1 fully saturated rings. The molecule has 0 bridgehead atoms. The van der Waals surface area contributed by atoms with Crippen LogP contribution in [0.2, 0.25) is 0 Å². The molecule has 98 valence electrons. The summed E-state index contributed by atoms with van der Waals surface area (Å²) in [5.74, 6) is 1.70. The highest BCUT2D eigenvalue weighted by Crippen LogP contribution is 2.32. The number of fused-ring (bicyclic) bond motifs is 1. The first-order valence-electron chi connectivity index (χ1n) is 6.66. The first kappa shape index (κ1) is 11.7. The molecule has 2 aliphatic heterocycles. The zero-order chi connectivity index (χ0) is 12.2. The molecule has 0 radical (unpaired) electrons. The van der Waals surface area contributed by atoms with Crippen LogP contribution in [0.5, 0.6) is 11.5 Å². The van der Waals surface area contributed by atoms with Gasteiger partial charge in [0.2, 0.25) is 0 Å². The Morgan fingerprint density at radius 1 is 0.944 bits per heavy atom. The van der Waals surface area contributed by atoms with Gasteiger partial charge in [0.15, 0.2) is 11.5 Å². The first-order valence-corrected chi connectivity index (χ1v) is 6.66. The number of hydrogen-bond acceptors (Lipinski definition) is 4. The average molecular weight is 249 g/mol. The van der Waals surface area contributed by atoms with Gasteiger partial charge in [-0.1, -0.05) is 0 Å². The topological polar surface area (TPSA) is 39.7 Å². The standard InChI is InChI=1S/C14H19NO3/c1-6-17-13-3-2-12(10-14(13)18-7-1)15-11-4-8-16-9-5-11/h2-3,10-11,15H,1,4-9H2. The van der Waals surface area contributed by atoms with Crippen molar-refractivity contribution in [3.8, 4) is 11.5 Å². The first-order chi connectivity index (χ1) is 8.92. The van der Waals surface area contributed by atoms with Crippen LogP contribution in [0.3, 0.4) is 0 Å². The molecule has 0 atom stereocenters. The maximum Gasteiger partial charge on any atom is 0.163 e. The molecular weight excluding hydrogens is 230 g/mol. The molecule has 1 N–H and O–H groups in total. The summed E-state index contributed by atoms with van der Waals surface area (Å²) in [6, 6.07) is 6.59. The van der Waals surface area contributed by atoms with Crippen LogP contribution in [0.25, 0.3) is 0 Å². The molecule has 0 aliphatic carbocycles. The van der Waals surface area contributed by atoms with E-state index >= 15 is 0 Å². The van der Waals surface area contributed by atoms with E-state index in [4.69, 9.17) is 14.2 Å². The Morgan fingerprint density at radius 2 is 1.72 bits per heavy atom. The van der Waals surface area contributed by atoms with E-state index in [1.807, 2.05) is 12.1 Å². The zero-order valence-electron chi connectivity index (χ0n) is 10.5. The summed E-state index contributed by atoms with van der Waals surface area (Å²) in [7, 11) is 0. The van der Waals surface area contributed by atoms with E-state index in [-0.39, 0.29) is 0 Å². The summed E-state index contributed by atoms with van der Waals surface area (Å²) in [4.78, 5) is 0. The Hall–Kier alpha value is -1.42. The molecular formula is C14H19NO3. The van der Waals surface area contributed by atoms with E-state index in [1.54, 1.807) is 0 Å². The van der Waals surface area contributed by atoms with Gasteiger partial charge in [-0.25, -0.2) is 0 Å². The van der Waals surface area contributed by atoms with Gasteiger partial charge in [-0.3, -0.25) is 0 Å². The van der Waals surface area contributed by atoms with Gasteiger partial charge in [-0.15, -0.1) is 0 Å². The van der Waals surface area contributed by atoms with Crippen molar-refractivity contribution in [3.05, 3.63) is 18.2 Å². The normalized spacial score (nSPS) is 20.2. The molecule has 4 heteroatoms. The summed E-state index contributed by atoms with van der Waals surface area (Å²) in [6.45, 7) is 3.16. The van der Waals surface area contributed by atoms with Crippen LogP contribution in [-0.4, -0.2) is 32.5 Å². The molecule has 1 aromatic rings. The van der Waals surface area contributed by atoms with Gasteiger partial charge in [-0.05, 0) is 25.0 Å². The quantitative estimate of drug-likeness (QED) is 0.874. The lowest BCUT2D eigenvalue weighted by Gasteiger charge is -2.24. The van der Waals surface area contributed by atoms with Crippen molar-refractivity contribution in [3.63, 3.8) is 0 Å². The molecule has 0 saturated carbocycles. The van der Waals surface area contributed by atoms with Gasteiger partial charge < -0.3 is 19.5 Å². The van der Waals surface area contributed by atoms with E-state index in [9.17, 15) is 0 Å². The molecule has 4 nitrogen and oxygen atoms in total. The number of rotatable bonds is 2. The Morgan fingerprint density at radius 3 is 2.56 bits per heavy atom. The molecule has 1 saturated heterocycles. The van der Waals surface area contributed by atoms with Gasteiger partial charge in [0.05, 0.1) is 13.2 Å². The van der Waals surface area contributed by atoms with Crippen molar-refractivity contribution >= 4 is 5.69 Å². The third-order valence-corrected chi connectivity index (χ3v) is 3.34. The fourth-order valence-electron chi connectivity index (χ4n) is 2.33. The lowest BCUT2D eigenvalue weighted by Crippen LogP contribution is -2.27. The minimum atomic E-state index is 0.503. The van der Waals surface area contributed by atoms with Crippen molar-refractivity contribution in [2.24, 2.45) is 0 Å². The van der Waals surface area contributed by atoms with Gasteiger partial charge in [-0.2, -0.15) is 0 Å². The third-order valence-electron chi connectivity index (χ3n) is 3.34. The van der Waals surface area contributed by atoms with Crippen molar-refractivity contribution in [1.82, 2.24) is 0 Å². The number of nitrogens with one attached hydrogen (secondary N) is 1. The van der Waals surface area contributed by atoms with Crippen LogP contribution in [0.15, 0.2) is 18.2 Å². The van der Waals surface area contributed by atoms with E-state index in [2.05, 4.69) is 11.4 Å². The molecule has 2 aliphatic rings. The molecule has 3 rings (SSSR count). The summed E-state index contributed by atoms with van der Waals surface area (Å²) in [5, 5.41) is 3.54. The van der Waals surface area contributed by atoms with Crippen LogP contribution >= 0.6 is 0 Å². The SMILES string of the molecule is c1cc2c(cc1NC1CCOCC1)OCCCO2. The Bertz CT molecular complexity index is 402. The molecule has 0 amide bonds. The number of benzene rings is 1. The summed E-state index contributed by atoms with van der Waals surface area (Å²) in [5.41, 5.74) is 1.10. The van der Waals surface area contributed by atoms with Crippen molar-refractivity contribution in [1.29, 1.82) is 0 Å². The largest absolute Gasteiger partial charge is 0.490 e. The lowest BCUT2D eigenvalue weighted by atomic mass is 10.1. The number of ether oxygens (including phenoxy) is 3. The van der Waals surface area contributed by atoms with E-state index in [1.165, 1.54) is 0 Å². The second-order valence-electron chi connectivity index (χ2n) is 4.74. The minimum absolute atomic E-state index is 0.503. The van der Waals surface area contributed by atoms with E-state index in [0.717, 1.165) is 62.9 Å². The smallest absolute Gasteiger partial charge is 0.163 e. The van der Waals surface area contributed by atoms with Gasteiger partial charge in [0.25, 0.3) is 0 Å². The number of hydrogen-bond donors (Lipinski definition) is 1. The van der Waals surface area contributed by atoms with Crippen LogP contribution in [0, 0.1) is 0 Å². The maximum atomic E-state index is 5.69. The number of anilines is 1. The second-order valence-corrected chi connectivity index (χ2v) is 4.74. The summed E-state index contributed by atoms with van der Waals surface area (Å²) < 4.78 is 16.7. The summed E-state index contributed by atoms with van der Waals surface area (Å²) in [6.07, 6.45) is 3.07. The van der Waals surface area contributed by atoms with Crippen molar-refractivity contribution < 1.29 is 14.2 Å². The highest BCUT2D eigenvalue weighted by atomic mass is 16.5. The monoisotopic (exact) mass is 249 g/mol. The van der Waals surface area contributed by atoms with Gasteiger partial charge >= 0.3 is 0 Å². The lowest BCUT2D eigenvalue weighted by molar-refractivity contribution is 0.0904. The predicted molar refractivity (Wildman–Crippen MR) is 69.5 cm³/mol. The van der Waals surface area contributed by atoms with Crippen LogP contribution < -0.4 is 14.8 Å². The zero-order valence-corrected chi connectivity index (χ0v) is 10.5. The molecule has 0 spiro atoms. The van der Waals surface area contributed by atoms with Gasteiger partial charge in [0.1, 0.15) is 0 Å². The Balaban J connectivity index is 1.70. The van der Waals surface area contributed by atoms with Crippen LogP contribution in [0.4, 0.5) is 5.69 Å². The van der Waals surface area contributed by atoms with E-state index < -0.39 is 0 Å². The third kappa shape index (κ3) is 2.70. The van der Waals surface area contributed by atoms with Gasteiger partial charge in [0, 0.05) is 37.4 Å². The van der Waals surface area contributed by atoms with E-state index in [0.29, 0.717) is 6.04 Å². The Labute approximate surface area is 107 Å². The van der Waals surface area contributed by atoms with Crippen LogP contribution in [0.1, 0.15) is 19.3 Å². The maximum absolute atomic E-state index is 5.69. The van der Waals surface area contributed by atoms with Crippen LogP contribution in [-0.2, 0) is 4.74 Å². The fourth-order valence-corrected chi connectivity index (χ4v) is 2.33. The second kappa shape index (κ2) is 5.48. The highest BCUT2D eigenvalue weighted by molar-refractivity contribution is 5.55. The summed E-state index contributed by atoms with van der Waals surface area (Å²) >= 11 is 0. The van der Waals surface area contributed by atoms with Crippen molar-refractivity contribution in [2.75, 3.05) is 31.7 Å². The van der Waals surface area contributed by atoms with Crippen molar-refractivity contribution in [2.45, 2.75) is 25.3 Å². The molecule has 0 aromatic heterocycles. The molecule has 18 heavy (non-hydrogen) atoms. The highest BCUT2D eigenvalue weighted by Gasteiger charge is 2.15. The molecule has 1 aromatic carbocycles. The predicted octanol–water partition coefficient (Wildman–Crippen LogP) is 2.44. The molecule has 0 unspecified atom stereocenters.